The van der Waals surface area contributed by atoms with Crippen LogP contribution in [0.25, 0.3) is 16.7 Å². The number of nitrogens with zero attached hydrogens (tertiary/aromatic N) is 4. The second kappa shape index (κ2) is 20.4. The number of hydrogen-bond acceptors (Lipinski definition) is 9. The standard InChI is InChI=1S/C23H25FN2O2.C13H9BrFN.C11H16F3NO5S.Pd/c1-23(2,3)28-22(27)26-9-5-7-15(13-26)20-19(24)11-16(12-25)18-10-14-6-4-8-17(14)21(18)20;14-13-11(15)5-8(6-16)10-4-7-2-1-3-9(7)12(10)13;1-10(2,3)19-9(16)15-6-4-5-8(7-15)20-21(17,18)11(12,13)14;/h7,11H,4-6,8-10,13H2,1-3H3;5H,1-4H2;5H,4,6-7H2,1-3H3;. The van der Waals surface area contributed by atoms with Gasteiger partial charge in [0.15, 0.2) is 0 Å². The van der Waals surface area contributed by atoms with Gasteiger partial charge in [0, 0.05) is 45.6 Å². The van der Waals surface area contributed by atoms with Crippen molar-refractivity contribution >= 4 is 55.0 Å². The van der Waals surface area contributed by atoms with Crippen molar-refractivity contribution in [1.82, 2.24) is 9.80 Å². The molecule has 0 saturated carbocycles. The van der Waals surface area contributed by atoms with Crippen molar-refractivity contribution in [1.29, 1.82) is 10.5 Å². The van der Waals surface area contributed by atoms with Gasteiger partial charge in [-0.15, -0.1) is 0 Å². The van der Waals surface area contributed by atoms with Crippen molar-refractivity contribution < 1.29 is 74.0 Å². The molecule has 0 unspecified atom stereocenters. The molecule has 2 aromatic rings. The van der Waals surface area contributed by atoms with E-state index < -0.39 is 45.2 Å². The number of halogens is 6. The first-order valence-electron chi connectivity index (χ1n) is 21.3. The second-order valence-electron chi connectivity index (χ2n) is 18.4. The molecule has 0 N–H and O–H groups in total. The topological polar surface area (TPSA) is 150 Å². The number of carbonyl (C=O) groups is 2. The summed E-state index contributed by atoms with van der Waals surface area (Å²) < 4.78 is 102. The maximum atomic E-state index is 15.2. The molecule has 8 rings (SSSR count). The first-order valence-corrected chi connectivity index (χ1v) is 23.5. The second-order valence-corrected chi connectivity index (χ2v) is 20.8. The molecule has 2 aromatic carbocycles. The Balaban J connectivity index is 0.000000192. The number of ether oxygens (including phenoxy) is 2. The number of benzene rings is 2. The average Bonchev–Trinajstić information content (AvgIpc) is 4.01. The van der Waals surface area contributed by atoms with E-state index in [9.17, 15) is 40.8 Å². The molecule has 2 heterocycles. The van der Waals surface area contributed by atoms with Gasteiger partial charge in [-0.2, -0.15) is 32.1 Å². The van der Waals surface area contributed by atoms with E-state index >= 15 is 4.39 Å². The van der Waals surface area contributed by atoms with E-state index in [0.717, 1.165) is 84.1 Å². The number of alkyl halides is 3. The van der Waals surface area contributed by atoms with Crippen molar-refractivity contribution in [3.8, 4) is 12.1 Å². The van der Waals surface area contributed by atoms with E-state index in [1.54, 1.807) is 25.7 Å². The van der Waals surface area contributed by atoms with Crippen LogP contribution in [0.3, 0.4) is 0 Å². The summed E-state index contributed by atoms with van der Waals surface area (Å²) in [4.78, 5) is 27.0. The summed E-state index contributed by atoms with van der Waals surface area (Å²) in [6, 6.07) is 6.97. The van der Waals surface area contributed by atoms with Gasteiger partial charge in [-0.1, -0.05) is 17.2 Å². The normalized spacial score (nSPS) is 17.5. The van der Waals surface area contributed by atoms with Gasteiger partial charge in [0.2, 0.25) is 0 Å². The monoisotopic (exact) mass is 1090 g/mol. The number of amides is 2. The Morgan fingerprint density at radius 1 is 0.712 bits per heavy atom. The van der Waals surface area contributed by atoms with Crippen LogP contribution in [0.2, 0.25) is 0 Å². The molecule has 2 amide bonds. The Labute approximate surface area is 404 Å². The fourth-order valence-electron chi connectivity index (χ4n) is 8.77. The van der Waals surface area contributed by atoms with Crippen LogP contribution in [-0.2, 0) is 57.0 Å². The molecule has 0 fully saturated rings. The molecule has 0 aromatic heterocycles. The van der Waals surface area contributed by atoms with Crippen LogP contribution in [0.15, 0.2) is 45.7 Å². The van der Waals surface area contributed by atoms with Crippen LogP contribution >= 0.6 is 15.9 Å². The van der Waals surface area contributed by atoms with Crippen molar-refractivity contribution in [2.45, 2.75) is 122 Å². The van der Waals surface area contributed by atoms with E-state index in [0.29, 0.717) is 40.7 Å². The van der Waals surface area contributed by atoms with Crippen LogP contribution in [0.4, 0.5) is 31.5 Å². The zero-order valence-electron chi connectivity index (χ0n) is 37.3. The summed E-state index contributed by atoms with van der Waals surface area (Å²) in [5.41, 5.74) is 4.57. The van der Waals surface area contributed by atoms with Crippen molar-refractivity contribution in [3.05, 3.63) is 96.2 Å². The van der Waals surface area contributed by atoms with E-state index in [4.69, 9.17) is 14.7 Å². The van der Waals surface area contributed by atoms with Crippen LogP contribution in [-0.4, -0.2) is 73.3 Å². The van der Waals surface area contributed by atoms with Crippen LogP contribution < -0.4 is 0 Å². The van der Waals surface area contributed by atoms with Crippen LogP contribution in [0.1, 0.15) is 132 Å². The van der Waals surface area contributed by atoms with Crippen LogP contribution in [0.5, 0.6) is 0 Å². The Morgan fingerprint density at radius 3 is 1.68 bits per heavy atom. The minimum absolute atomic E-state index is 0. The molecule has 0 saturated heterocycles. The minimum atomic E-state index is -5.73. The smallest absolute Gasteiger partial charge is 0.444 e. The molecule has 11 nitrogen and oxygen atoms in total. The Kier molecular flexibility index (Phi) is 16.2. The Bertz CT molecular complexity index is 2630. The molecule has 358 valence electrons. The van der Waals surface area contributed by atoms with Gasteiger partial charge in [0.05, 0.1) is 34.3 Å². The number of hydrogen-bond donors (Lipinski definition) is 0. The van der Waals surface area contributed by atoms with Gasteiger partial charge in [0.25, 0.3) is 0 Å². The summed E-state index contributed by atoms with van der Waals surface area (Å²) in [6.07, 6.45) is 10.9. The summed E-state index contributed by atoms with van der Waals surface area (Å²) in [6.45, 7) is 11.1. The van der Waals surface area contributed by atoms with E-state index in [1.165, 1.54) is 40.5 Å². The van der Waals surface area contributed by atoms with E-state index in [2.05, 4.69) is 32.3 Å². The molecule has 0 atom stereocenters. The summed E-state index contributed by atoms with van der Waals surface area (Å²) in [7, 11) is -5.73. The molecule has 0 spiro atoms. The summed E-state index contributed by atoms with van der Waals surface area (Å²) in [5, 5.41) is 18.5. The minimum Gasteiger partial charge on any atom is -0.444 e. The number of fused-ring (bicyclic) bond motifs is 4. The number of allylic oxidation sites excluding steroid dienone is 4. The van der Waals surface area contributed by atoms with Crippen molar-refractivity contribution in [2.24, 2.45) is 0 Å². The molecule has 2 aliphatic heterocycles. The van der Waals surface area contributed by atoms with E-state index in [1.807, 2.05) is 26.8 Å². The zero-order valence-corrected chi connectivity index (χ0v) is 41.3. The predicted octanol–water partition coefficient (Wildman–Crippen LogP) is 11.5. The third-order valence-corrected chi connectivity index (χ3v) is 13.2. The first kappa shape index (κ1) is 52.4. The number of carbonyl (C=O) groups excluding carboxylic acids is 2. The number of rotatable bonds is 3. The van der Waals surface area contributed by atoms with Gasteiger partial charge in [0.1, 0.15) is 28.6 Å². The Hall–Kier alpha value is -4.54. The quantitative estimate of drug-likeness (QED) is 0.127. The molecule has 0 bridgehead atoms. The zero-order chi connectivity index (χ0) is 47.8. The maximum Gasteiger partial charge on any atom is 0.534 e. The molecule has 19 heteroatoms. The fourth-order valence-corrected chi connectivity index (χ4v) is 9.86. The van der Waals surface area contributed by atoms with Crippen molar-refractivity contribution in [3.63, 3.8) is 0 Å². The molecule has 66 heavy (non-hydrogen) atoms. The number of nitriles is 2. The van der Waals surface area contributed by atoms with Gasteiger partial charge >= 0.3 is 27.8 Å². The maximum absolute atomic E-state index is 15.2. The molecular formula is C47H50BrF5N4O7PdS. The summed E-state index contributed by atoms with van der Waals surface area (Å²) in [5.74, 6) is -1.14. The molecule has 0 radical (unpaired) electrons. The Morgan fingerprint density at radius 2 is 1.18 bits per heavy atom. The van der Waals surface area contributed by atoms with Gasteiger partial charge < -0.3 is 23.5 Å². The molecular weight excluding hydrogens is 1050 g/mol. The third-order valence-electron chi connectivity index (χ3n) is 11.4. The van der Waals surface area contributed by atoms with Crippen molar-refractivity contribution in [2.75, 3.05) is 26.2 Å². The summed E-state index contributed by atoms with van der Waals surface area (Å²) >= 11 is 3.31. The molecule has 6 aliphatic rings. The van der Waals surface area contributed by atoms with Gasteiger partial charge in [-0.3, -0.25) is 0 Å². The van der Waals surface area contributed by atoms with Gasteiger partial charge in [-0.25, -0.2) is 18.4 Å². The van der Waals surface area contributed by atoms with Gasteiger partial charge in [-0.05, 0) is 179 Å². The third kappa shape index (κ3) is 11.8. The molecule has 4 aliphatic carbocycles. The average molecular weight is 1100 g/mol. The first-order chi connectivity index (χ1) is 30.3. The SMILES string of the molecule is CC(C)(C)OC(=O)N1CCC=C(OS(=O)(=O)C(F)(F)F)C1.CC(C)(C)OC(=O)N1CCC=C(c2c(F)cc(C#N)c3c2C2=C(CCC2)C3)C1.N#Cc1cc(F)c(Br)c2c1CC1=C2CCC1.[Pd]. The predicted molar refractivity (Wildman–Crippen MR) is 236 cm³/mol. The van der Waals surface area contributed by atoms with Crippen LogP contribution in [0, 0.1) is 34.3 Å². The largest absolute Gasteiger partial charge is 0.534 e. The fraction of sp³-hybridized carbons (Fsp3) is 0.489. The van der Waals surface area contributed by atoms with E-state index in [-0.39, 0.29) is 51.1 Å².